The van der Waals surface area contributed by atoms with Gasteiger partial charge >= 0.3 is 5.97 Å². The Morgan fingerprint density at radius 3 is 2.56 bits per heavy atom. The lowest BCUT2D eigenvalue weighted by Crippen LogP contribution is -2.41. The number of hydrogen-bond donors (Lipinski definition) is 0. The minimum absolute atomic E-state index is 0.0659. The van der Waals surface area contributed by atoms with Crippen molar-refractivity contribution in [3.8, 4) is 5.75 Å². The SMILES string of the molecule is CCCC(CCC)C(C)CC(=O)Oc1cccc2c1CCC(N(CCC)CCc1cccs1)C2. The molecule has 0 bridgehead atoms. The van der Waals surface area contributed by atoms with Gasteiger partial charge in [0.1, 0.15) is 5.75 Å². The van der Waals surface area contributed by atoms with Crippen molar-refractivity contribution in [1.82, 2.24) is 4.90 Å². The van der Waals surface area contributed by atoms with Crippen molar-refractivity contribution in [3.05, 3.63) is 51.7 Å². The molecule has 3 nitrogen and oxygen atoms in total. The second-order valence-corrected chi connectivity index (χ2v) is 11.2. The van der Waals surface area contributed by atoms with Crippen molar-refractivity contribution in [3.63, 3.8) is 0 Å². The molecule has 0 saturated heterocycles. The van der Waals surface area contributed by atoms with Crippen LogP contribution in [-0.4, -0.2) is 30.0 Å². The summed E-state index contributed by atoms with van der Waals surface area (Å²) in [5, 5.41) is 2.17. The highest BCUT2D eigenvalue weighted by molar-refractivity contribution is 7.09. The number of rotatable bonds is 14. The second kappa shape index (κ2) is 14.0. The van der Waals surface area contributed by atoms with E-state index in [4.69, 9.17) is 4.74 Å². The molecule has 1 aromatic heterocycles. The first-order chi connectivity index (χ1) is 16.5. The summed E-state index contributed by atoms with van der Waals surface area (Å²) in [6.07, 6.45) is 10.8. The highest BCUT2D eigenvalue weighted by Gasteiger charge is 2.27. The van der Waals surface area contributed by atoms with Crippen LogP contribution in [0.5, 0.6) is 5.75 Å². The number of benzene rings is 1. The normalized spacial score (nSPS) is 16.6. The van der Waals surface area contributed by atoms with E-state index in [9.17, 15) is 4.79 Å². The number of ether oxygens (including phenoxy) is 1. The van der Waals surface area contributed by atoms with Crippen LogP contribution in [0.4, 0.5) is 0 Å². The number of carbonyl (C=O) groups is 1. The molecule has 188 valence electrons. The van der Waals surface area contributed by atoms with Gasteiger partial charge in [-0.05, 0) is 79.1 Å². The molecule has 2 aromatic rings. The summed E-state index contributed by atoms with van der Waals surface area (Å²) in [7, 11) is 0. The minimum atomic E-state index is -0.0659. The molecule has 3 rings (SSSR count). The number of carbonyl (C=O) groups excluding carboxylic acids is 1. The molecule has 1 heterocycles. The smallest absolute Gasteiger partial charge is 0.311 e. The average Bonchev–Trinajstić information content (AvgIpc) is 3.35. The van der Waals surface area contributed by atoms with Crippen molar-refractivity contribution in [1.29, 1.82) is 0 Å². The first kappa shape index (κ1) is 26.9. The fourth-order valence-corrected chi connectivity index (χ4v) is 6.38. The number of hydrogen-bond acceptors (Lipinski definition) is 4. The topological polar surface area (TPSA) is 29.5 Å². The van der Waals surface area contributed by atoms with Crippen LogP contribution >= 0.6 is 11.3 Å². The van der Waals surface area contributed by atoms with Crippen LogP contribution < -0.4 is 4.74 Å². The van der Waals surface area contributed by atoms with Gasteiger partial charge in [0.2, 0.25) is 0 Å². The van der Waals surface area contributed by atoms with Gasteiger partial charge in [-0.15, -0.1) is 11.3 Å². The summed E-state index contributed by atoms with van der Waals surface area (Å²) in [5.74, 6) is 1.73. The maximum atomic E-state index is 12.8. The quantitative estimate of drug-likeness (QED) is 0.204. The molecule has 1 aromatic carbocycles. The fraction of sp³-hybridized carbons (Fsp3) is 0.633. The molecule has 0 spiro atoms. The molecule has 0 radical (unpaired) electrons. The zero-order valence-corrected chi connectivity index (χ0v) is 22.7. The standard InChI is InChI=1S/C30H45NO2S/c1-5-10-24(11-6-2)23(4)21-30(32)33-29-14-8-12-25-22-26(15-16-28(25)29)31(18-7-3)19-17-27-13-9-20-34-27/h8-9,12-14,20,23-24,26H,5-7,10-11,15-19,21-22H2,1-4H3. The molecule has 2 atom stereocenters. The van der Waals surface area contributed by atoms with E-state index in [1.165, 1.54) is 48.1 Å². The summed E-state index contributed by atoms with van der Waals surface area (Å²) < 4.78 is 5.98. The molecule has 0 amide bonds. The second-order valence-electron chi connectivity index (χ2n) is 10.1. The fourth-order valence-electron chi connectivity index (χ4n) is 5.68. The third-order valence-corrected chi connectivity index (χ3v) is 8.44. The van der Waals surface area contributed by atoms with E-state index in [1.54, 1.807) is 0 Å². The molecule has 0 N–H and O–H groups in total. The van der Waals surface area contributed by atoms with Gasteiger partial charge in [0, 0.05) is 23.9 Å². The van der Waals surface area contributed by atoms with Crippen LogP contribution in [0.25, 0.3) is 0 Å². The Bertz CT molecular complexity index is 857. The van der Waals surface area contributed by atoms with E-state index in [-0.39, 0.29) is 5.97 Å². The van der Waals surface area contributed by atoms with E-state index in [2.05, 4.69) is 62.2 Å². The van der Waals surface area contributed by atoms with E-state index in [0.717, 1.165) is 44.5 Å². The van der Waals surface area contributed by atoms with Gasteiger partial charge in [0.05, 0.1) is 0 Å². The van der Waals surface area contributed by atoms with Gasteiger partial charge in [0.25, 0.3) is 0 Å². The highest BCUT2D eigenvalue weighted by atomic mass is 32.1. The molecule has 4 heteroatoms. The Morgan fingerprint density at radius 1 is 1.09 bits per heavy atom. The Morgan fingerprint density at radius 2 is 1.88 bits per heavy atom. The van der Waals surface area contributed by atoms with Crippen molar-refractivity contribution in [2.75, 3.05) is 13.1 Å². The third-order valence-electron chi connectivity index (χ3n) is 7.50. The first-order valence-corrected chi connectivity index (χ1v) is 14.5. The van der Waals surface area contributed by atoms with Crippen LogP contribution in [0.3, 0.4) is 0 Å². The molecule has 1 aliphatic carbocycles. The molecular weight excluding hydrogens is 438 g/mol. The monoisotopic (exact) mass is 483 g/mol. The van der Waals surface area contributed by atoms with Gasteiger partial charge < -0.3 is 4.74 Å². The lowest BCUT2D eigenvalue weighted by molar-refractivity contribution is -0.135. The molecular formula is C30H45NO2S. The Kier molecular flexibility index (Phi) is 11.1. The van der Waals surface area contributed by atoms with Gasteiger partial charge in [-0.2, -0.15) is 0 Å². The predicted octanol–water partition coefficient (Wildman–Crippen LogP) is 7.71. The highest BCUT2D eigenvalue weighted by Crippen LogP contribution is 2.33. The number of fused-ring (bicyclic) bond motifs is 1. The summed E-state index contributed by atoms with van der Waals surface area (Å²) in [4.78, 5) is 17.0. The summed E-state index contributed by atoms with van der Waals surface area (Å²) in [6.45, 7) is 11.2. The summed E-state index contributed by atoms with van der Waals surface area (Å²) >= 11 is 1.86. The molecule has 1 aliphatic rings. The Balaban J connectivity index is 1.61. The average molecular weight is 484 g/mol. The maximum Gasteiger partial charge on any atom is 0.311 e. The Hall–Kier alpha value is -1.65. The first-order valence-electron chi connectivity index (χ1n) is 13.6. The Labute approximate surface area is 211 Å². The van der Waals surface area contributed by atoms with Crippen LogP contribution in [0.2, 0.25) is 0 Å². The number of thiophene rings is 1. The van der Waals surface area contributed by atoms with Gasteiger partial charge in [-0.1, -0.05) is 71.6 Å². The lowest BCUT2D eigenvalue weighted by Gasteiger charge is -2.35. The van der Waals surface area contributed by atoms with Crippen LogP contribution in [0.1, 0.15) is 88.6 Å². The van der Waals surface area contributed by atoms with Crippen molar-refractivity contribution in [2.24, 2.45) is 11.8 Å². The van der Waals surface area contributed by atoms with E-state index in [1.807, 2.05) is 17.4 Å². The third kappa shape index (κ3) is 7.68. The molecule has 2 unspecified atom stereocenters. The van der Waals surface area contributed by atoms with Crippen molar-refractivity contribution < 1.29 is 9.53 Å². The van der Waals surface area contributed by atoms with Crippen molar-refractivity contribution in [2.45, 2.75) is 97.9 Å². The molecule has 34 heavy (non-hydrogen) atoms. The summed E-state index contributed by atoms with van der Waals surface area (Å²) in [6, 6.07) is 11.3. The molecule has 0 aliphatic heterocycles. The number of nitrogens with zero attached hydrogens (tertiary/aromatic N) is 1. The predicted molar refractivity (Wildman–Crippen MR) is 145 cm³/mol. The molecule has 0 saturated carbocycles. The summed E-state index contributed by atoms with van der Waals surface area (Å²) in [5.41, 5.74) is 2.62. The largest absolute Gasteiger partial charge is 0.426 e. The van der Waals surface area contributed by atoms with Gasteiger partial charge in [0.15, 0.2) is 0 Å². The van der Waals surface area contributed by atoms with Crippen LogP contribution in [-0.2, 0) is 24.1 Å². The van der Waals surface area contributed by atoms with Crippen LogP contribution in [0, 0.1) is 11.8 Å². The maximum absolute atomic E-state index is 12.8. The van der Waals surface area contributed by atoms with Crippen LogP contribution in [0.15, 0.2) is 35.7 Å². The minimum Gasteiger partial charge on any atom is -0.426 e. The van der Waals surface area contributed by atoms with E-state index < -0.39 is 0 Å². The number of esters is 1. The zero-order chi connectivity index (χ0) is 24.3. The zero-order valence-electron chi connectivity index (χ0n) is 21.9. The van der Waals surface area contributed by atoms with E-state index >= 15 is 0 Å². The van der Waals surface area contributed by atoms with Gasteiger partial charge in [-0.25, -0.2) is 0 Å². The van der Waals surface area contributed by atoms with Crippen molar-refractivity contribution >= 4 is 17.3 Å². The van der Waals surface area contributed by atoms with E-state index in [0.29, 0.717) is 24.3 Å². The van der Waals surface area contributed by atoms with Gasteiger partial charge in [-0.3, -0.25) is 9.69 Å². The molecule has 0 fully saturated rings. The lowest BCUT2D eigenvalue weighted by atomic mass is 9.84.